The Kier molecular flexibility index (Phi) is 4.96. The number of carbonyl (C=O) groups excluding carboxylic acids is 2. The molecule has 124 valence electrons. The van der Waals surface area contributed by atoms with Gasteiger partial charge in [-0.3, -0.25) is 9.59 Å². The molecule has 1 aliphatic heterocycles. The number of nitrogens with one attached hydrogen (secondary N) is 1. The Hall–Kier alpha value is -2.60. The highest BCUT2D eigenvalue weighted by molar-refractivity contribution is 7.10. The van der Waals surface area contributed by atoms with Crippen LogP contribution in [0.4, 0.5) is 11.4 Å². The van der Waals surface area contributed by atoms with Crippen LogP contribution in [0.2, 0.25) is 0 Å². The highest BCUT2D eigenvalue weighted by Crippen LogP contribution is 2.34. The van der Waals surface area contributed by atoms with Gasteiger partial charge in [0.15, 0.2) is 0 Å². The average molecular weight is 342 g/mol. The van der Waals surface area contributed by atoms with E-state index >= 15 is 0 Å². The second-order valence-electron chi connectivity index (χ2n) is 5.37. The van der Waals surface area contributed by atoms with Crippen molar-refractivity contribution in [3.8, 4) is 5.75 Å². The molecule has 1 aliphatic rings. The molecule has 2 heterocycles. The van der Waals surface area contributed by atoms with Gasteiger partial charge in [0.25, 0.3) is 0 Å². The minimum Gasteiger partial charge on any atom is -0.495 e. The fourth-order valence-electron chi connectivity index (χ4n) is 2.61. The molecular weight excluding hydrogens is 324 g/mol. The van der Waals surface area contributed by atoms with Crippen LogP contribution < -0.4 is 15.0 Å². The number of ether oxygens (including phenoxy) is 1. The van der Waals surface area contributed by atoms with Crippen molar-refractivity contribution in [2.45, 2.75) is 12.8 Å². The molecule has 0 spiro atoms. The van der Waals surface area contributed by atoms with Crippen LogP contribution in [-0.4, -0.2) is 25.5 Å². The number of benzene rings is 1. The molecule has 1 aromatic carbocycles. The first kappa shape index (κ1) is 16.3. The van der Waals surface area contributed by atoms with Crippen molar-refractivity contribution < 1.29 is 14.3 Å². The van der Waals surface area contributed by atoms with E-state index in [9.17, 15) is 9.59 Å². The molecule has 0 unspecified atom stereocenters. The van der Waals surface area contributed by atoms with Gasteiger partial charge in [-0.15, -0.1) is 11.3 Å². The van der Waals surface area contributed by atoms with E-state index in [0.717, 1.165) is 11.3 Å². The summed E-state index contributed by atoms with van der Waals surface area (Å²) in [6, 6.07) is 9.18. The van der Waals surface area contributed by atoms with Crippen LogP contribution in [0.25, 0.3) is 6.08 Å². The lowest BCUT2D eigenvalue weighted by Gasteiger charge is -2.20. The van der Waals surface area contributed by atoms with Crippen molar-refractivity contribution in [3.63, 3.8) is 0 Å². The van der Waals surface area contributed by atoms with Gasteiger partial charge in [0.05, 0.1) is 12.8 Å². The summed E-state index contributed by atoms with van der Waals surface area (Å²) < 4.78 is 5.34. The van der Waals surface area contributed by atoms with Crippen molar-refractivity contribution >= 4 is 40.6 Å². The third kappa shape index (κ3) is 3.65. The van der Waals surface area contributed by atoms with Crippen molar-refractivity contribution in [2.75, 3.05) is 23.9 Å². The van der Waals surface area contributed by atoms with Crippen LogP contribution >= 0.6 is 11.3 Å². The van der Waals surface area contributed by atoms with E-state index in [2.05, 4.69) is 5.32 Å². The van der Waals surface area contributed by atoms with Gasteiger partial charge >= 0.3 is 0 Å². The van der Waals surface area contributed by atoms with E-state index in [1.165, 1.54) is 6.08 Å². The highest BCUT2D eigenvalue weighted by Gasteiger charge is 2.24. The summed E-state index contributed by atoms with van der Waals surface area (Å²) >= 11 is 1.57. The molecule has 0 aliphatic carbocycles. The van der Waals surface area contributed by atoms with Crippen molar-refractivity contribution in [1.82, 2.24) is 0 Å². The normalized spacial score (nSPS) is 14.4. The predicted molar refractivity (Wildman–Crippen MR) is 96.6 cm³/mol. The topological polar surface area (TPSA) is 58.6 Å². The van der Waals surface area contributed by atoms with Crippen LogP contribution in [0, 0.1) is 0 Å². The van der Waals surface area contributed by atoms with E-state index in [-0.39, 0.29) is 11.8 Å². The quantitative estimate of drug-likeness (QED) is 0.846. The summed E-state index contributed by atoms with van der Waals surface area (Å²) in [5, 5.41) is 4.78. The van der Waals surface area contributed by atoms with E-state index in [1.54, 1.807) is 47.6 Å². The minimum absolute atomic E-state index is 0.0781. The molecule has 0 saturated carbocycles. The first-order chi connectivity index (χ1) is 11.7. The molecule has 1 aromatic heterocycles. The first-order valence-electron chi connectivity index (χ1n) is 7.68. The third-order valence-electron chi connectivity index (χ3n) is 3.75. The fraction of sp³-hybridized carbons (Fsp3) is 0.222. The van der Waals surface area contributed by atoms with Gasteiger partial charge in [0, 0.05) is 29.6 Å². The Bertz CT molecular complexity index is 769. The zero-order chi connectivity index (χ0) is 16.9. The van der Waals surface area contributed by atoms with Gasteiger partial charge in [-0.2, -0.15) is 0 Å². The molecule has 1 N–H and O–H groups in total. The molecule has 0 atom stereocenters. The number of methoxy groups -OCH3 is 1. The zero-order valence-corrected chi connectivity index (χ0v) is 14.1. The second-order valence-corrected chi connectivity index (χ2v) is 6.35. The summed E-state index contributed by atoms with van der Waals surface area (Å²) in [6.45, 7) is 0.672. The Morgan fingerprint density at radius 1 is 1.38 bits per heavy atom. The number of nitrogens with zero attached hydrogens (tertiary/aromatic N) is 1. The molecule has 2 amide bonds. The third-order valence-corrected chi connectivity index (χ3v) is 4.59. The Morgan fingerprint density at radius 2 is 2.25 bits per heavy atom. The van der Waals surface area contributed by atoms with Gasteiger partial charge in [0.1, 0.15) is 5.75 Å². The first-order valence-corrected chi connectivity index (χ1v) is 8.56. The Balaban J connectivity index is 1.76. The maximum absolute atomic E-state index is 12.1. The predicted octanol–water partition coefficient (Wildman–Crippen LogP) is 3.54. The molecule has 1 fully saturated rings. The van der Waals surface area contributed by atoms with Crippen molar-refractivity contribution in [3.05, 3.63) is 46.7 Å². The lowest BCUT2D eigenvalue weighted by atomic mass is 10.2. The van der Waals surface area contributed by atoms with Crippen molar-refractivity contribution in [2.24, 2.45) is 0 Å². The van der Waals surface area contributed by atoms with Crippen LogP contribution in [0.5, 0.6) is 5.75 Å². The molecule has 3 rings (SSSR count). The molecule has 0 bridgehead atoms. The van der Waals surface area contributed by atoms with Crippen LogP contribution in [0.3, 0.4) is 0 Å². The lowest BCUT2D eigenvalue weighted by molar-refractivity contribution is -0.117. The number of rotatable bonds is 5. The maximum Gasteiger partial charge on any atom is 0.248 e. The number of amides is 2. The molecule has 24 heavy (non-hydrogen) atoms. The van der Waals surface area contributed by atoms with Gasteiger partial charge < -0.3 is 15.0 Å². The summed E-state index contributed by atoms with van der Waals surface area (Å²) in [4.78, 5) is 26.8. The summed E-state index contributed by atoms with van der Waals surface area (Å²) in [6.07, 6.45) is 4.65. The van der Waals surface area contributed by atoms with E-state index < -0.39 is 0 Å². The molecule has 2 aromatic rings. The number of carbonyl (C=O) groups is 2. The average Bonchev–Trinajstić information content (AvgIpc) is 3.24. The standard InChI is InChI=1S/C18H18N2O3S/c1-23-16-8-6-13(12-15(16)20-10-2-5-18(20)22)19-17(21)9-7-14-4-3-11-24-14/h3-4,6-9,11-12H,2,5,10H2,1H3,(H,19,21)/b9-7+. The van der Waals surface area contributed by atoms with Crippen molar-refractivity contribution in [1.29, 1.82) is 0 Å². The zero-order valence-electron chi connectivity index (χ0n) is 13.3. The van der Waals surface area contributed by atoms with Crippen LogP contribution in [-0.2, 0) is 9.59 Å². The van der Waals surface area contributed by atoms with Crippen LogP contribution in [0.15, 0.2) is 41.8 Å². The van der Waals surface area contributed by atoms with E-state index in [1.807, 2.05) is 17.5 Å². The number of anilines is 2. The molecule has 0 radical (unpaired) electrons. The van der Waals surface area contributed by atoms with Gasteiger partial charge in [-0.05, 0) is 42.1 Å². The smallest absolute Gasteiger partial charge is 0.248 e. The molecule has 1 saturated heterocycles. The number of thiophene rings is 1. The molecule has 6 heteroatoms. The highest BCUT2D eigenvalue weighted by atomic mass is 32.1. The fourth-order valence-corrected chi connectivity index (χ4v) is 3.23. The van der Waals surface area contributed by atoms with Crippen LogP contribution in [0.1, 0.15) is 17.7 Å². The summed E-state index contributed by atoms with van der Waals surface area (Å²) in [7, 11) is 1.57. The van der Waals surface area contributed by atoms with Gasteiger partial charge in [0.2, 0.25) is 11.8 Å². The Morgan fingerprint density at radius 3 is 2.92 bits per heavy atom. The van der Waals surface area contributed by atoms with Gasteiger partial charge in [-0.1, -0.05) is 6.07 Å². The number of hydrogen-bond acceptors (Lipinski definition) is 4. The van der Waals surface area contributed by atoms with Gasteiger partial charge in [-0.25, -0.2) is 0 Å². The van der Waals surface area contributed by atoms with E-state index in [4.69, 9.17) is 4.74 Å². The minimum atomic E-state index is -0.215. The Labute approximate surface area is 144 Å². The largest absolute Gasteiger partial charge is 0.495 e. The summed E-state index contributed by atoms with van der Waals surface area (Å²) in [5.41, 5.74) is 1.33. The number of hydrogen-bond donors (Lipinski definition) is 1. The maximum atomic E-state index is 12.1. The SMILES string of the molecule is COc1ccc(NC(=O)/C=C/c2cccs2)cc1N1CCCC1=O. The summed E-state index contributed by atoms with van der Waals surface area (Å²) in [5.74, 6) is 0.485. The molecular formula is C18H18N2O3S. The lowest BCUT2D eigenvalue weighted by Crippen LogP contribution is -2.24. The second kappa shape index (κ2) is 7.31. The van der Waals surface area contributed by atoms with E-state index in [0.29, 0.717) is 30.1 Å². The molecule has 5 nitrogen and oxygen atoms in total. The monoisotopic (exact) mass is 342 g/mol.